The number of nitrogens with zero attached hydrogens (tertiary/aromatic N) is 2. The molecule has 0 bridgehead atoms. The maximum Gasteiger partial charge on any atom is 0.163 e. The fraction of sp³-hybridized carbons (Fsp3) is 0.636. The number of hydrogen-bond donors (Lipinski definition) is 2. The first-order chi connectivity index (χ1) is 7.94. The van der Waals surface area contributed by atoms with Crippen LogP contribution >= 0.6 is 0 Å². The zero-order valence-corrected chi connectivity index (χ0v) is 10.5. The molecule has 0 radical (unpaired) electrons. The van der Waals surface area contributed by atoms with Gasteiger partial charge in [0.25, 0.3) is 0 Å². The van der Waals surface area contributed by atoms with Gasteiger partial charge in [-0.2, -0.15) is 0 Å². The molecule has 6 nitrogen and oxygen atoms in total. The summed E-state index contributed by atoms with van der Waals surface area (Å²) in [6, 6.07) is 0. The van der Waals surface area contributed by atoms with Gasteiger partial charge in [0.2, 0.25) is 0 Å². The summed E-state index contributed by atoms with van der Waals surface area (Å²) in [5.41, 5.74) is 5.31. The molecule has 1 rings (SSSR count). The van der Waals surface area contributed by atoms with E-state index in [2.05, 4.69) is 5.18 Å². The van der Waals surface area contributed by atoms with E-state index in [1.807, 2.05) is 25.1 Å². The highest BCUT2D eigenvalue weighted by molar-refractivity contribution is 5.18. The van der Waals surface area contributed by atoms with Crippen LogP contribution in [0, 0.1) is 10.1 Å². The molecule has 0 aromatic rings. The Bertz CT molecular complexity index is 338. The molecule has 96 valence electrons. The molecule has 3 unspecified atom stereocenters. The van der Waals surface area contributed by atoms with Crippen LogP contribution in [0.3, 0.4) is 0 Å². The van der Waals surface area contributed by atoms with Crippen molar-refractivity contribution in [2.24, 2.45) is 10.9 Å². The van der Waals surface area contributed by atoms with Gasteiger partial charge in [0.15, 0.2) is 5.66 Å². The Morgan fingerprint density at radius 1 is 1.65 bits per heavy atom. The van der Waals surface area contributed by atoms with Crippen molar-refractivity contribution >= 4 is 0 Å². The molecule has 0 aromatic heterocycles. The molecule has 6 heteroatoms. The summed E-state index contributed by atoms with van der Waals surface area (Å²) in [5.74, 6) is 0. The lowest BCUT2D eigenvalue weighted by Gasteiger charge is -2.48. The molecule has 0 saturated heterocycles. The van der Waals surface area contributed by atoms with Gasteiger partial charge in [-0.3, -0.25) is 10.6 Å². The second kappa shape index (κ2) is 5.50. The number of hydroxylamine groups is 2. The van der Waals surface area contributed by atoms with E-state index in [1.54, 1.807) is 19.1 Å². The minimum absolute atomic E-state index is 0.0661. The topological polar surface area (TPSA) is 86.2 Å². The number of quaternary nitrogens is 1. The van der Waals surface area contributed by atoms with Crippen LogP contribution < -0.4 is 10.8 Å². The monoisotopic (exact) mass is 240 g/mol. The van der Waals surface area contributed by atoms with Crippen LogP contribution in [-0.2, 0) is 0 Å². The third-order valence-electron chi connectivity index (χ3n) is 3.20. The minimum Gasteiger partial charge on any atom is -0.632 e. The second-order valence-corrected chi connectivity index (χ2v) is 4.64. The largest absolute Gasteiger partial charge is 0.632 e. The third-order valence-corrected chi connectivity index (χ3v) is 3.20. The van der Waals surface area contributed by atoms with E-state index in [0.717, 1.165) is 0 Å². The number of nitrogens with two attached hydrogens (primary N) is 1. The number of nitroso groups, excluding NO2 is 1. The fourth-order valence-corrected chi connectivity index (χ4v) is 2.11. The minimum atomic E-state index is -0.763. The van der Waals surface area contributed by atoms with Gasteiger partial charge >= 0.3 is 0 Å². The Hall–Kier alpha value is -1.08. The lowest BCUT2D eigenvalue weighted by Crippen LogP contribution is -3.22. The first-order valence-corrected chi connectivity index (χ1v) is 5.60. The number of hydrogen-bond acceptors (Lipinski definition) is 5. The van der Waals surface area contributed by atoms with E-state index < -0.39 is 11.8 Å². The van der Waals surface area contributed by atoms with Crippen molar-refractivity contribution in [3.8, 4) is 0 Å². The average Bonchev–Trinajstić information content (AvgIpc) is 2.50. The Balaban J connectivity index is 3.11. The lowest BCUT2D eigenvalue weighted by atomic mass is 9.98. The van der Waals surface area contributed by atoms with Crippen molar-refractivity contribution in [3.05, 3.63) is 34.0 Å². The van der Waals surface area contributed by atoms with Gasteiger partial charge in [0.1, 0.15) is 6.17 Å². The van der Waals surface area contributed by atoms with Crippen molar-refractivity contribution in [2.75, 3.05) is 14.1 Å². The van der Waals surface area contributed by atoms with E-state index >= 15 is 0 Å². The van der Waals surface area contributed by atoms with Gasteiger partial charge in [-0.1, -0.05) is 12.2 Å². The smallest absolute Gasteiger partial charge is 0.163 e. The molecule has 0 amide bonds. The maximum absolute atomic E-state index is 12.3. The number of rotatable bonds is 4. The molecule has 0 saturated carbocycles. The lowest BCUT2D eigenvalue weighted by molar-refractivity contribution is -0.941. The standard InChI is InChI=1S/C11H20N4O2/c1-9(12)15(17)11(14(2)3)7-5-4-6-10(8-11)13-16/h4-6,9,15H,7-8,12H2,1-3H3. The van der Waals surface area contributed by atoms with E-state index in [9.17, 15) is 10.1 Å². The summed E-state index contributed by atoms with van der Waals surface area (Å²) < 4.78 is 0. The molecule has 3 atom stereocenters. The molecule has 0 aromatic carbocycles. The van der Waals surface area contributed by atoms with Crippen LogP contribution in [0.5, 0.6) is 0 Å². The van der Waals surface area contributed by atoms with Crippen LogP contribution in [0.25, 0.3) is 0 Å². The fourth-order valence-electron chi connectivity index (χ4n) is 2.11. The summed E-state index contributed by atoms with van der Waals surface area (Å²) in [6.07, 6.45) is 5.56. The van der Waals surface area contributed by atoms with Gasteiger partial charge in [-0.05, 0) is 25.3 Å². The Kier molecular flexibility index (Phi) is 4.53. The molecular formula is C11H20N4O2. The first-order valence-electron chi connectivity index (χ1n) is 5.60. The van der Waals surface area contributed by atoms with Gasteiger partial charge in [0.05, 0.1) is 12.1 Å². The predicted molar refractivity (Wildman–Crippen MR) is 66.6 cm³/mol. The molecular weight excluding hydrogens is 220 g/mol. The van der Waals surface area contributed by atoms with Gasteiger partial charge < -0.3 is 10.3 Å². The molecule has 1 aliphatic carbocycles. The highest BCUT2D eigenvalue weighted by Gasteiger charge is 2.41. The van der Waals surface area contributed by atoms with Crippen molar-refractivity contribution in [2.45, 2.75) is 31.6 Å². The van der Waals surface area contributed by atoms with Crippen molar-refractivity contribution in [1.82, 2.24) is 4.90 Å². The Morgan fingerprint density at radius 3 is 2.76 bits per heavy atom. The zero-order valence-electron chi connectivity index (χ0n) is 10.5. The SMILES string of the molecule is CC(N)[NH+]([O-])C1(N(C)C)CC=CC=C(N=O)C1. The van der Waals surface area contributed by atoms with Gasteiger partial charge in [-0.15, -0.1) is 4.91 Å². The summed E-state index contributed by atoms with van der Waals surface area (Å²) in [4.78, 5) is 12.5. The summed E-state index contributed by atoms with van der Waals surface area (Å²) in [7, 11) is 3.64. The van der Waals surface area contributed by atoms with E-state index in [1.165, 1.54) is 0 Å². The predicted octanol–water partition coefficient (Wildman–Crippen LogP) is -0.0680. The van der Waals surface area contributed by atoms with E-state index in [-0.39, 0.29) is 5.06 Å². The maximum atomic E-state index is 12.3. The van der Waals surface area contributed by atoms with Crippen LogP contribution in [-0.4, -0.2) is 30.8 Å². The van der Waals surface area contributed by atoms with Crippen LogP contribution in [0.4, 0.5) is 0 Å². The Labute approximate surface area is 101 Å². The second-order valence-electron chi connectivity index (χ2n) is 4.64. The Morgan fingerprint density at radius 2 is 2.29 bits per heavy atom. The van der Waals surface area contributed by atoms with E-state index in [0.29, 0.717) is 18.5 Å². The molecule has 0 fully saturated rings. The van der Waals surface area contributed by atoms with Gasteiger partial charge in [-0.25, -0.2) is 0 Å². The quantitative estimate of drug-likeness (QED) is 0.409. The van der Waals surface area contributed by atoms with Crippen LogP contribution in [0.2, 0.25) is 0 Å². The third kappa shape index (κ3) is 2.78. The molecule has 0 spiro atoms. The molecule has 17 heavy (non-hydrogen) atoms. The summed E-state index contributed by atoms with van der Waals surface area (Å²) in [5, 5.41) is 15.2. The van der Waals surface area contributed by atoms with Crippen molar-refractivity contribution < 1.29 is 5.06 Å². The molecule has 0 heterocycles. The highest BCUT2D eigenvalue weighted by atomic mass is 16.5. The summed E-state index contributed by atoms with van der Waals surface area (Å²) >= 11 is 0. The number of allylic oxidation sites excluding steroid dienone is 2. The zero-order chi connectivity index (χ0) is 13.1. The van der Waals surface area contributed by atoms with Crippen molar-refractivity contribution in [3.63, 3.8) is 0 Å². The first kappa shape index (κ1) is 14.0. The highest BCUT2D eigenvalue weighted by Crippen LogP contribution is 2.24. The average molecular weight is 240 g/mol. The molecule has 3 N–H and O–H groups in total. The molecule has 0 aliphatic heterocycles. The van der Waals surface area contributed by atoms with E-state index in [4.69, 9.17) is 5.73 Å². The summed E-state index contributed by atoms with van der Waals surface area (Å²) in [6.45, 7) is 1.67. The normalized spacial score (nSPS) is 28.5. The molecule has 1 aliphatic rings. The van der Waals surface area contributed by atoms with Crippen LogP contribution in [0.15, 0.2) is 29.1 Å². The van der Waals surface area contributed by atoms with Crippen molar-refractivity contribution in [1.29, 1.82) is 0 Å². The van der Waals surface area contributed by atoms with Gasteiger partial charge in [0, 0.05) is 13.3 Å². The number of nitrogens with one attached hydrogen (secondary N) is 1. The van der Waals surface area contributed by atoms with Crippen LogP contribution in [0.1, 0.15) is 19.8 Å².